The minimum Gasteiger partial charge on any atom is -0.275 e. The van der Waals surface area contributed by atoms with E-state index in [4.69, 9.17) is 0 Å². The van der Waals surface area contributed by atoms with Crippen molar-refractivity contribution < 1.29 is 9.59 Å². The Kier molecular flexibility index (Phi) is 3.89. The van der Waals surface area contributed by atoms with E-state index in [9.17, 15) is 14.4 Å². The van der Waals surface area contributed by atoms with Gasteiger partial charge in [-0.05, 0) is 43.0 Å². The van der Waals surface area contributed by atoms with Gasteiger partial charge in [0.25, 0.3) is 10.7 Å². The molecular weight excluding hydrogens is 352 g/mol. The third-order valence-electron chi connectivity index (χ3n) is 3.87. The summed E-state index contributed by atoms with van der Waals surface area (Å²) in [6.07, 6.45) is 0. The molecule has 7 nitrogen and oxygen atoms in total. The molecule has 0 unspecified atom stereocenters. The number of carbonyl (C=O) groups excluding carboxylic acids is 2. The fraction of sp³-hybridized carbons (Fsp3) is 0.0556. The number of anilines is 1. The second-order valence-corrected chi connectivity index (χ2v) is 6.48. The van der Waals surface area contributed by atoms with Crippen LogP contribution in [0.4, 0.5) is 5.69 Å². The Labute approximate surface area is 152 Å². The van der Waals surface area contributed by atoms with Gasteiger partial charge >= 0.3 is 5.91 Å². The van der Waals surface area contributed by atoms with E-state index in [-0.39, 0.29) is 10.7 Å². The van der Waals surface area contributed by atoms with E-state index in [2.05, 4.69) is 10.1 Å². The SMILES string of the molecule is Cc1nc2ccccc2c(=O)n1/N=C1\SC(=O)C(=O)N1c1ccccc1. The normalized spacial score (nSPS) is 16.0. The Hall–Kier alpha value is -3.26. The Balaban J connectivity index is 1.90. The highest BCUT2D eigenvalue weighted by Crippen LogP contribution is 2.27. The number of amides is 1. The summed E-state index contributed by atoms with van der Waals surface area (Å²) in [5.41, 5.74) is 0.715. The molecule has 3 aromatic rings. The van der Waals surface area contributed by atoms with Crippen molar-refractivity contribution in [2.45, 2.75) is 6.92 Å². The lowest BCUT2D eigenvalue weighted by Gasteiger charge is -2.15. The largest absolute Gasteiger partial charge is 0.312 e. The van der Waals surface area contributed by atoms with Crippen molar-refractivity contribution in [1.29, 1.82) is 0 Å². The average Bonchev–Trinajstić information content (AvgIpc) is 2.93. The van der Waals surface area contributed by atoms with Gasteiger partial charge in [-0.3, -0.25) is 14.4 Å². The number of hydrogen-bond donors (Lipinski definition) is 0. The molecular formula is C18H12N4O3S. The van der Waals surface area contributed by atoms with E-state index in [1.165, 1.54) is 4.90 Å². The Bertz CT molecular complexity index is 1140. The highest BCUT2D eigenvalue weighted by Gasteiger charge is 2.38. The number of para-hydroxylation sites is 2. The van der Waals surface area contributed by atoms with Crippen molar-refractivity contribution in [3.8, 4) is 0 Å². The lowest BCUT2D eigenvalue weighted by Crippen LogP contribution is -2.32. The minimum atomic E-state index is -0.695. The van der Waals surface area contributed by atoms with E-state index in [0.717, 1.165) is 4.68 Å². The molecule has 0 aliphatic carbocycles. The molecule has 1 aliphatic rings. The van der Waals surface area contributed by atoms with Crippen LogP contribution in [0.15, 0.2) is 64.5 Å². The number of carbonyl (C=O) groups is 2. The van der Waals surface area contributed by atoms with Crippen molar-refractivity contribution in [2.24, 2.45) is 5.10 Å². The second-order valence-electron chi connectivity index (χ2n) is 5.54. The third-order valence-corrected chi connectivity index (χ3v) is 4.68. The number of aryl methyl sites for hydroxylation is 1. The molecule has 0 bridgehead atoms. The number of rotatable bonds is 2. The molecule has 0 spiro atoms. The summed E-state index contributed by atoms with van der Waals surface area (Å²) in [4.78, 5) is 42.5. The summed E-state index contributed by atoms with van der Waals surface area (Å²) >= 11 is 0.694. The molecule has 8 heteroatoms. The monoisotopic (exact) mass is 364 g/mol. The standard InChI is InChI=1S/C18H12N4O3S/c1-11-19-14-10-6-5-9-13(14)15(23)22(11)20-18-21(16(24)17(25)26-18)12-7-3-2-4-8-12/h2-10H,1H3/b20-18-. The first kappa shape index (κ1) is 16.2. The van der Waals surface area contributed by atoms with Gasteiger partial charge in [-0.15, -0.1) is 5.10 Å². The fourth-order valence-corrected chi connectivity index (χ4v) is 3.40. The number of hydrogen-bond acceptors (Lipinski definition) is 6. The molecule has 128 valence electrons. The number of thioether (sulfide) groups is 1. The van der Waals surface area contributed by atoms with E-state index in [0.29, 0.717) is 34.2 Å². The van der Waals surface area contributed by atoms with Gasteiger partial charge in [0.15, 0.2) is 0 Å². The quantitative estimate of drug-likeness (QED) is 0.651. The number of nitrogens with zero attached hydrogens (tertiary/aromatic N) is 4. The average molecular weight is 364 g/mol. The van der Waals surface area contributed by atoms with Gasteiger partial charge in [-0.1, -0.05) is 30.3 Å². The first-order valence-electron chi connectivity index (χ1n) is 7.75. The third kappa shape index (κ3) is 2.60. The summed E-state index contributed by atoms with van der Waals surface area (Å²) in [7, 11) is 0. The van der Waals surface area contributed by atoms with Crippen LogP contribution in [0.3, 0.4) is 0 Å². The molecule has 1 fully saturated rings. The van der Waals surface area contributed by atoms with Gasteiger partial charge in [0.2, 0.25) is 5.17 Å². The van der Waals surface area contributed by atoms with Gasteiger partial charge in [0.1, 0.15) is 5.82 Å². The maximum Gasteiger partial charge on any atom is 0.312 e. The summed E-state index contributed by atoms with van der Waals surface area (Å²) in [5, 5.41) is 4.16. The molecule has 4 rings (SSSR count). The molecule has 0 N–H and O–H groups in total. The molecule has 0 atom stereocenters. The van der Waals surface area contributed by atoms with Crippen molar-refractivity contribution in [1.82, 2.24) is 9.66 Å². The number of benzene rings is 2. The Morgan fingerprint density at radius 1 is 0.962 bits per heavy atom. The van der Waals surface area contributed by atoms with Crippen molar-refractivity contribution in [3.05, 3.63) is 70.8 Å². The first-order valence-corrected chi connectivity index (χ1v) is 8.56. The van der Waals surface area contributed by atoms with Crippen molar-refractivity contribution >= 4 is 44.5 Å². The van der Waals surface area contributed by atoms with Crippen LogP contribution < -0.4 is 10.5 Å². The molecule has 1 amide bonds. The first-order chi connectivity index (χ1) is 12.6. The molecule has 1 aromatic heterocycles. The van der Waals surface area contributed by atoms with Crippen LogP contribution in [0.25, 0.3) is 10.9 Å². The predicted molar refractivity (Wildman–Crippen MR) is 100 cm³/mol. The number of fused-ring (bicyclic) bond motifs is 1. The predicted octanol–water partition coefficient (Wildman–Crippen LogP) is 2.13. The highest BCUT2D eigenvalue weighted by atomic mass is 32.2. The maximum atomic E-state index is 12.8. The minimum absolute atomic E-state index is 0.119. The van der Waals surface area contributed by atoms with E-state index in [1.54, 1.807) is 61.5 Å². The summed E-state index contributed by atoms with van der Waals surface area (Å²) in [6.45, 7) is 1.65. The van der Waals surface area contributed by atoms with E-state index < -0.39 is 11.0 Å². The Morgan fingerprint density at radius 3 is 2.42 bits per heavy atom. The molecule has 1 saturated heterocycles. The van der Waals surface area contributed by atoms with Gasteiger partial charge < -0.3 is 0 Å². The topological polar surface area (TPSA) is 84.6 Å². The van der Waals surface area contributed by atoms with Gasteiger partial charge in [-0.2, -0.15) is 4.68 Å². The Morgan fingerprint density at radius 2 is 1.65 bits per heavy atom. The summed E-state index contributed by atoms with van der Waals surface area (Å²) in [5.74, 6) is -0.332. The van der Waals surface area contributed by atoms with Gasteiger partial charge in [0.05, 0.1) is 16.6 Å². The number of amidine groups is 1. The smallest absolute Gasteiger partial charge is 0.275 e. The summed E-state index contributed by atoms with van der Waals surface area (Å²) in [6, 6.07) is 15.6. The van der Waals surface area contributed by atoms with Crippen molar-refractivity contribution in [2.75, 3.05) is 4.90 Å². The van der Waals surface area contributed by atoms with Crippen LogP contribution in [0, 0.1) is 6.92 Å². The molecule has 26 heavy (non-hydrogen) atoms. The van der Waals surface area contributed by atoms with Crippen LogP contribution in [-0.2, 0) is 9.59 Å². The summed E-state index contributed by atoms with van der Waals surface area (Å²) < 4.78 is 1.12. The lowest BCUT2D eigenvalue weighted by molar-refractivity contribution is -0.130. The molecule has 1 aliphatic heterocycles. The van der Waals surface area contributed by atoms with Crippen molar-refractivity contribution in [3.63, 3.8) is 0 Å². The zero-order chi connectivity index (χ0) is 18.3. The van der Waals surface area contributed by atoms with Crippen LogP contribution in [0.1, 0.15) is 5.82 Å². The van der Waals surface area contributed by atoms with Crippen LogP contribution in [-0.4, -0.2) is 25.9 Å². The zero-order valence-corrected chi connectivity index (χ0v) is 14.4. The van der Waals surface area contributed by atoms with Crippen LogP contribution in [0.2, 0.25) is 0 Å². The van der Waals surface area contributed by atoms with Gasteiger partial charge in [-0.25, -0.2) is 9.88 Å². The van der Waals surface area contributed by atoms with E-state index in [1.807, 2.05) is 0 Å². The molecule has 2 aromatic carbocycles. The highest BCUT2D eigenvalue weighted by molar-refractivity contribution is 8.29. The van der Waals surface area contributed by atoms with Gasteiger partial charge in [0, 0.05) is 0 Å². The maximum absolute atomic E-state index is 12.8. The zero-order valence-electron chi connectivity index (χ0n) is 13.6. The molecule has 0 saturated carbocycles. The number of aromatic nitrogens is 2. The fourth-order valence-electron chi connectivity index (χ4n) is 2.66. The van der Waals surface area contributed by atoms with E-state index >= 15 is 0 Å². The second kappa shape index (κ2) is 6.23. The van der Waals surface area contributed by atoms with Crippen LogP contribution in [0.5, 0.6) is 0 Å². The molecule has 2 heterocycles. The lowest BCUT2D eigenvalue weighted by atomic mass is 10.2. The molecule has 0 radical (unpaired) electrons. The van der Waals surface area contributed by atoms with Crippen LogP contribution >= 0.6 is 11.8 Å².